The van der Waals surface area contributed by atoms with Gasteiger partial charge in [-0.05, 0) is 38.8 Å². The monoisotopic (exact) mass is 308 g/mol. The number of fused-ring (bicyclic) bond motifs is 1. The maximum atomic E-state index is 4.69. The van der Waals surface area contributed by atoms with Crippen molar-refractivity contribution in [3.05, 3.63) is 11.1 Å². The molecule has 21 heavy (non-hydrogen) atoms. The van der Waals surface area contributed by atoms with Crippen LogP contribution < -0.4 is 10.2 Å². The zero-order chi connectivity index (χ0) is 14.8. The molecular formula is C16H28N4S. The Morgan fingerprint density at radius 3 is 3.10 bits per heavy atom. The van der Waals surface area contributed by atoms with E-state index in [0.717, 1.165) is 25.7 Å². The second-order valence-corrected chi connectivity index (χ2v) is 8.02. The molecule has 4 nitrogen and oxygen atoms in total. The Morgan fingerprint density at radius 1 is 1.43 bits per heavy atom. The first kappa shape index (κ1) is 15.3. The summed E-state index contributed by atoms with van der Waals surface area (Å²) in [5, 5.41) is 4.73. The van der Waals surface area contributed by atoms with Gasteiger partial charge in [-0.2, -0.15) is 0 Å². The van der Waals surface area contributed by atoms with Crippen LogP contribution in [0.25, 0.3) is 0 Å². The van der Waals surface area contributed by atoms with Crippen molar-refractivity contribution in [3.63, 3.8) is 0 Å². The third kappa shape index (κ3) is 3.58. The largest absolute Gasteiger partial charge is 0.343 e. The number of hydrogen-bond donors (Lipinski definition) is 1. The quantitative estimate of drug-likeness (QED) is 0.906. The molecule has 5 heteroatoms. The average Bonchev–Trinajstić information content (AvgIpc) is 3.05. The third-order valence-corrected chi connectivity index (χ3v) is 5.61. The summed E-state index contributed by atoms with van der Waals surface area (Å²) in [7, 11) is 0. The van der Waals surface area contributed by atoms with Crippen LogP contribution in [0.3, 0.4) is 0 Å². The van der Waals surface area contributed by atoms with Gasteiger partial charge in [0.2, 0.25) is 0 Å². The van der Waals surface area contributed by atoms with Crippen molar-refractivity contribution in [2.45, 2.75) is 52.2 Å². The van der Waals surface area contributed by atoms with Crippen LogP contribution in [0.2, 0.25) is 0 Å². The predicted octanol–water partition coefficient (Wildman–Crippen LogP) is 2.56. The normalized spacial score (nSPS) is 26.6. The summed E-state index contributed by atoms with van der Waals surface area (Å²) < 4.78 is 0. The molecule has 2 aliphatic rings. The number of nitrogens with one attached hydrogen (secondary N) is 1. The minimum Gasteiger partial charge on any atom is -0.343 e. The molecule has 1 aromatic heterocycles. The summed E-state index contributed by atoms with van der Waals surface area (Å²) in [5.41, 5.74) is 0. The van der Waals surface area contributed by atoms with Crippen LogP contribution >= 0.6 is 11.3 Å². The summed E-state index contributed by atoms with van der Waals surface area (Å²) in [6, 6.07) is 1.34. The molecule has 2 atom stereocenters. The molecule has 0 aromatic carbocycles. The number of rotatable bonds is 5. The fraction of sp³-hybridized carbons (Fsp3) is 0.812. The molecular weight excluding hydrogens is 280 g/mol. The smallest absolute Gasteiger partial charge is 0.185 e. The second-order valence-electron chi connectivity index (χ2n) is 6.93. The summed E-state index contributed by atoms with van der Waals surface area (Å²) in [6.07, 6.45) is 4.78. The van der Waals surface area contributed by atoms with Crippen molar-refractivity contribution in [2.75, 3.05) is 31.1 Å². The van der Waals surface area contributed by atoms with Gasteiger partial charge in [0.25, 0.3) is 0 Å². The van der Waals surface area contributed by atoms with E-state index in [1.54, 1.807) is 0 Å². The van der Waals surface area contributed by atoms with Gasteiger partial charge in [0, 0.05) is 42.8 Å². The highest BCUT2D eigenvalue weighted by Crippen LogP contribution is 2.31. The van der Waals surface area contributed by atoms with Crippen LogP contribution in [0.1, 0.15) is 38.5 Å². The van der Waals surface area contributed by atoms with Crippen LogP contribution in [0, 0.1) is 5.92 Å². The molecule has 0 aliphatic carbocycles. The highest BCUT2D eigenvalue weighted by atomic mass is 32.1. The number of piperazine rings is 1. The Hall–Kier alpha value is -0.650. The van der Waals surface area contributed by atoms with Crippen molar-refractivity contribution in [1.82, 2.24) is 15.2 Å². The first-order chi connectivity index (χ1) is 10.1. The Morgan fingerprint density at radius 2 is 2.29 bits per heavy atom. The van der Waals surface area contributed by atoms with Crippen molar-refractivity contribution in [2.24, 2.45) is 5.92 Å². The summed E-state index contributed by atoms with van der Waals surface area (Å²) >= 11 is 1.86. The van der Waals surface area contributed by atoms with Crippen LogP contribution in [-0.2, 0) is 6.54 Å². The van der Waals surface area contributed by atoms with Gasteiger partial charge >= 0.3 is 0 Å². The topological polar surface area (TPSA) is 31.4 Å². The maximum absolute atomic E-state index is 4.69. The van der Waals surface area contributed by atoms with E-state index in [0.29, 0.717) is 12.0 Å². The Balaban J connectivity index is 1.60. The highest BCUT2D eigenvalue weighted by molar-refractivity contribution is 7.15. The summed E-state index contributed by atoms with van der Waals surface area (Å²) in [6.45, 7) is 12.5. The van der Waals surface area contributed by atoms with Gasteiger partial charge in [-0.1, -0.05) is 13.8 Å². The number of anilines is 1. The maximum Gasteiger partial charge on any atom is 0.185 e. The van der Waals surface area contributed by atoms with E-state index in [9.17, 15) is 0 Å². The lowest BCUT2D eigenvalue weighted by Crippen LogP contribution is -2.55. The number of hydrogen-bond acceptors (Lipinski definition) is 5. The van der Waals surface area contributed by atoms with Gasteiger partial charge in [-0.3, -0.25) is 4.90 Å². The SMILES string of the molecule is CC(C)CNCc1cnc(N2CC3CCCN3CC2C)s1. The molecule has 2 saturated heterocycles. The molecule has 2 unspecified atom stereocenters. The zero-order valence-corrected chi connectivity index (χ0v) is 14.3. The Kier molecular flexibility index (Phi) is 4.82. The van der Waals surface area contributed by atoms with E-state index in [-0.39, 0.29) is 0 Å². The number of nitrogens with zero attached hydrogens (tertiary/aromatic N) is 3. The third-order valence-electron chi connectivity index (χ3n) is 4.58. The van der Waals surface area contributed by atoms with Gasteiger partial charge in [0.05, 0.1) is 0 Å². The summed E-state index contributed by atoms with van der Waals surface area (Å²) in [5.74, 6) is 0.702. The molecule has 0 bridgehead atoms. The van der Waals surface area contributed by atoms with Crippen molar-refractivity contribution in [3.8, 4) is 0 Å². The van der Waals surface area contributed by atoms with E-state index in [4.69, 9.17) is 0 Å². The minimum atomic E-state index is 0.585. The zero-order valence-electron chi connectivity index (χ0n) is 13.5. The van der Waals surface area contributed by atoms with Gasteiger partial charge in [0.1, 0.15) is 0 Å². The highest BCUT2D eigenvalue weighted by Gasteiger charge is 2.35. The number of thiazole rings is 1. The standard InChI is InChI=1S/C16H28N4S/c1-12(2)7-17-8-15-9-18-16(21-15)20-11-14-5-4-6-19(14)10-13(20)3/h9,12-14,17H,4-8,10-11H2,1-3H3. The van der Waals surface area contributed by atoms with Crippen LogP contribution in [0.15, 0.2) is 6.20 Å². The molecule has 3 heterocycles. The fourth-order valence-electron chi connectivity index (χ4n) is 3.45. The van der Waals surface area contributed by atoms with Gasteiger partial charge in [-0.25, -0.2) is 4.98 Å². The van der Waals surface area contributed by atoms with Crippen molar-refractivity contribution in [1.29, 1.82) is 0 Å². The molecule has 1 aromatic rings. The molecule has 2 aliphatic heterocycles. The lowest BCUT2D eigenvalue weighted by atomic mass is 10.1. The summed E-state index contributed by atoms with van der Waals surface area (Å²) in [4.78, 5) is 11.2. The molecule has 0 radical (unpaired) electrons. The average molecular weight is 308 g/mol. The predicted molar refractivity (Wildman–Crippen MR) is 90.1 cm³/mol. The fourth-order valence-corrected chi connectivity index (χ4v) is 4.44. The number of aromatic nitrogens is 1. The van der Waals surface area contributed by atoms with Crippen molar-refractivity contribution < 1.29 is 0 Å². The lowest BCUT2D eigenvalue weighted by Gasteiger charge is -2.42. The molecule has 3 rings (SSSR count). The van der Waals surface area contributed by atoms with Crippen LogP contribution in [0.5, 0.6) is 0 Å². The van der Waals surface area contributed by atoms with E-state index in [1.165, 1.54) is 35.9 Å². The first-order valence-electron chi connectivity index (χ1n) is 8.29. The Bertz CT molecular complexity index is 459. The molecule has 118 valence electrons. The van der Waals surface area contributed by atoms with Crippen LogP contribution in [-0.4, -0.2) is 48.1 Å². The first-order valence-corrected chi connectivity index (χ1v) is 9.11. The van der Waals surface area contributed by atoms with E-state index >= 15 is 0 Å². The second kappa shape index (κ2) is 6.63. The molecule has 0 saturated carbocycles. The minimum absolute atomic E-state index is 0.585. The van der Waals surface area contributed by atoms with Gasteiger partial charge < -0.3 is 10.2 Å². The Labute approximate surface area is 132 Å². The molecule has 1 N–H and O–H groups in total. The molecule has 2 fully saturated rings. The van der Waals surface area contributed by atoms with Crippen LogP contribution in [0.4, 0.5) is 5.13 Å². The van der Waals surface area contributed by atoms with Crippen molar-refractivity contribution >= 4 is 16.5 Å². The lowest BCUT2D eigenvalue weighted by molar-refractivity contribution is 0.203. The van der Waals surface area contributed by atoms with E-state index in [2.05, 4.69) is 47.1 Å². The molecule has 0 spiro atoms. The van der Waals surface area contributed by atoms with E-state index in [1.807, 2.05) is 11.3 Å². The van der Waals surface area contributed by atoms with Gasteiger partial charge in [-0.15, -0.1) is 11.3 Å². The molecule has 0 amide bonds. The van der Waals surface area contributed by atoms with Gasteiger partial charge in [0.15, 0.2) is 5.13 Å². The van der Waals surface area contributed by atoms with E-state index < -0.39 is 0 Å².